The molecule has 6 rings (SSSR count). The van der Waals surface area contributed by atoms with E-state index in [1.807, 2.05) is 97.9 Å². The summed E-state index contributed by atoms with van der Waals surface area (Å²) >= 11 is 0. The van der Waals surface area contributed by atoms with E-state index in [0.29, 0.717) is 0 Å². The maximum atomic E-state index is 13.3. The first kappa shape index (κ1) is 58.9. The summed E-state index contributed by atoms with van der Waals surface area (Å²) in [4.78, 5) is 89.3. The third kappa shape index (κ3) is 17.3. The zero-order valence-electron chi connectivity index (χ0n) is 43.5. The molecule has 0 radical (unpaired) electrons. The van der Waals surface area contributed by atoms with Crippen molar-refractivity contribution in [2.75, 3.05) is 19.8 Å². The van der Waals surface area contributed by atoms with E-state index >= 15 is 0 Å². The lowest BCUT2D eigenvalue weighted by atomic mass is 9.93. The van der Waals surface area contributed by atoms with Gasteiger partial charge >= 0.3 is 41.8 Å². The van der Waals surface area contributed by atoms with Crippen molar-refractivity contribution in [1.29, 1.82) is 0 Å². The van der Waals surface area contributed by atoms with Crippen molar-refractivity contribution in [3.63, 3.8) is 0 Å². The van der Waals surface area contributed by atoms with Gasteiger partial charge in [-0.05, 0) is 23.6 Å². The maximum Gasteiger partial charge on any atom is 0.303 e. The Kier molecular flexibility index (Phi) is 22.2. The molecule has 3 aliphatic heterocycles. The van der Waals surface area contributed by atoms with Crippen molar-refractivity contribution in [1.82, 2.24) is 0 Å². The second kappa shape index (κ2) is 28.7. The number of carbonyl (C=O) groups excluding carboxylic acids is 7. The molecule has 76 heavy (non-hydrogen) atoms. The van der Waals surface area contributed by atoms with E-state index in [0.717, 1.165) is 65.2 Å². The minimum Gasteiger partial charge on any atom is -0.463 e. The van der Waals surface area contributed by atoms with Gasteiger partial charge in [0.2, 0.25) is 0 Å². The first-order chi connectivity index (χ1) is 36.4. The van der Waals surface area contributed by atoms with Crippen LogP contribution in [0.15, 0.2) is 91.0 Å². The third-order valence-electron chi connectivity index (χ3n) is 12.0. The van der Waals surface area contributed by atoms with Crippen LogP contribution in [0.1, 0.15) is 72.1 Å². The van der Waals surface area contributed by atoms with Crippen molar-refractivity contribution in [2.24, 2.45) is 0 Å². The average molecular weight is 1070 g/mol. The number of ether oxygens (including phenoxy) is 15. The van der Waals surface area contributed by atoms with Gasteiger partial charge in [-0.15, -0.1) is 0 Å². The molecule has 0 aliphatic carbocycles. The standard InChI is InChI=1S/C54H66O22/c1-30-44(65-25-39-20-14-10-15-21-39)48(66-26-40-22-16-11-17-23-40)45(41(67-30)27-62-24-38-18-12-9-13-19-38)75-53-52(72-37(8)61)50(70-35(6)59)47(43(74-53)29-64-32(3)56)76-54-51(71-36(7)60)49(69-34(5)58)46(68-33(4)57)42(73-54)28-63-31(2)55/h9-23,30,41-54H,24-29H2,1-8H3/t30-,41?,42?,43?,44?,45-,46-,47-,48+,49-,50+,51?,52?,53-,54-/m0/s1. The molecule has 0 bridgehead atoms. The zero-order chi connectivity index (χ0) is 54.9. The van der Waals surface area contributed by atoms with E-state index < -0.39 is 147 Å². The SMILES string of the molecule is CC(=O)OCC1O[C@@H](O[C@H]2C(COC(C)=O)O[C@@H](O[C@H]3C(COCc4ccccc4)O[C@@H](C)C(OCc4ccccc4)[C@H]3OCc3ccccc3)C(OC(C)=O)[C@@H]2OC(C)=O)C(OC(C)=O)[C@@H](OC(C)=O)[C@H]1OC(C)=O. The molecule has 3 saturated heterocycles. The summed E-state index contributed by atoms with van der Waals surface area (Å²) < 4.78 is 92.3. The fourth-order valence-corrected chi connectivity index (χ4v) is 8.95. The fraction of sp³-hybridized carbons (Fsp3) is 0.537. The Hall–Kier alpha value is -6.37. The Balaban J connectivity index is 1.45. The molecule has 22 nitrogen and oxygen atoms in total. The van der Waals surface area contributed by atoms with Crippen LogP contribution in [0, 0.1) is 0 Å². The first-order valence-electron chi connectivity index (χ1n) is 24.7. The van der Waals surface area contributed by atoms with Crippen molar-refractivity contribution in [3.8, 4) is 0 Å². The Labute approximate surface area is 439 Å². The summed E-state index contributed by atoms with van der Waals surface area (Å²) in [7, 11) is 0. The lowest BCUT2D eigenvalue weighted by molar-refractivity contribution is -0.375. The van der Waals surface area contributed by atoms with Gasteiger partial charge in [0.05, 0.1) is 32.5 Å². The zero-order valence-corrected chi connectivity index (χ0v) is 43.5. The highest BCUT2D eigenvalue weighted by Gasteiger charge is 2.59. The number of benzene rings is 3. The summed E-state index contributed by atoms with van der Waals surface area (Å²) in [6.45, 7) is 8.40. The molecule has 0 aromatic heterocycles. The minimum absolute atomic E-state index is 0.0663. The van der Waals surface area contributed by atoms with Crippen LogP contribution in [0.4, 0.5) is 0 Å². The molecule has 3 aromatic carbocycles. The number of hydrogen-bond donors (Lipinski definition) is 0. The summed E-state index contributed by atoms with van der Waals surface area (Å²) in [5, 5.41) is 0. The maximum absolute atomic E-state index is 13.3. The number of carbonyl (C=O) groups is 7. The van der Waals surface area contributed by atoms with Gasteiger partial charge in [-0.1, -0.05) is 91.0 Å². The highest BCUT2D eigenvalue weighted by Crippen LogP contribution is 2.38. The average Bonchev–Trinajstić information content (AvgIpc) is 3.37. The smallest absolute Gasteiger partial charge is 0.303 e. The number of hydrogen-bond acceptors (Lipinski definition) is 22. The minimum atomic E-state index is -1.89. The van der Waals surface area contributed by atoms with Crippen molar-refractivity contribution < 1.29 is 105 Å². The Bertz CT molecular complexity index is 2370. The second-order valence-corrected chi connectivity index (χ2v) is 18.2. The molecule has 3 fully saturated rings. The predicted octanol–water partition coefficient (Wildman–Crippen LogP) is 4.17. The van der Waals surface area contributed by atoms with E-state index in [4.69, 9.17) is 71.1 Å². The van der Waals surface area contributed by atoms with Gasteiger partial charge < -0.3 is 71.1 Å². The monoisotopic (exact) mass is 1070 g/mol. The van der Waals surface area contributed by atoms with Crippen molar-refractivity contribution >= 4 is 41.8 Å². The molecular weight excluding hydrogens is 1000 g/mol. The molecule has 0 saturated carbocycles. The fourth-order valence-electron chi connectivity index (χ4n) is 8.95. The highest BCUT2D eigenvalue weighted by atomic mass is 16.8. The van der Waals surface area contributed by atoms with Gasteiger partial charge in [0.25, 0.3) is 0 Å². The van der Waals surface area contributed by atoms with E-state index in [1.165, 1.54) is 0 Å². The predicted molar refractivity (Wildman–Crippen MR) is 259 cm³/mol. The molecule has 0 N–H and O–H groups in total. The van der Waals surface area contributed by atoms with E-state index in [9.17, 15) is 33.6 Å². The third-order valence-corrected chi connectivity index (χ3v) is 12.0. The van der Waals surface area contributed by atoms with Crippen LogP contribution >= 0.6 is 0 Å². The second-order valence-electron chi connectivity index (χ2n) is 18.2. The molecule has 414 valence electrons. The molecule has 22 heteroatoms. The Morgan fingerprint density at radius 3 is 1.13 bits per heavy atom. The van der Waals surface area contributed by atoms with Crippen molar-refractivity contribution in [3.05, 3.63) is 108 Å². The van der Waals surface area contributed by atoms with Gasteiger partial charge in [0, 0.05) is 48.5 Å². The quantitative estimate of drug-likeness (QED) is 0.0954. The summed E-state index contributed by atoms with van der Waals surface area (Å²) in [5.74, 6) is -6.12. The highest BCUT2D eigenvalue weighted by molar-refractivity contribution is 5.69. The Morgan fingerprint density at radius 2 is 0.711 bits per heavy atom. The van der Waals surface area contributed by atoms with Gasteiger partial charge in [0.1, 0.15) is 55.9 Å². The van der Waals surface area contributed by atoms with Gasteiger partial charge in [0.15, 0.2) is 43.1 Å². The lowest BCUT2D eigenvalue weighted by Crippen LogP contribution is -2.68. The molecular formula is C54H66O22. The van der Waals surface area contributed by atoms with Crippen molar-refractivity contribution in [2.45, 2.75) is 167 Å². The normalized spacial score (nSPS) is 29.2. The lowest BCUT2D eigenvalue weighted by Gasteiger charge is -2.50. The number of rotatable bonds is 23. The molecule has 0 amide bonds. The van der Waals surface area contributed by atoms with Crippen LogP contribution < -0.4 is 0 Å². The molecule has 0 spiro atoms. The molecule has 15 atom stereocenters. The summed E-state index contributed by atoms with van der Waals surface area (Å²) in [5.41, 5.74) is 2.54. The first-order valence-corrected chi connectivity index (χ1v) is 24.7. The van der Waals surface area contributed by atoms with Crippen LogP contribution in [-0.4, -0.2) is 154 Å². The van der Waals surface area contributed by atoms with Crippen LogP contribution in [0.25, 0.3) is 0 Å². The van der Waals surface area contributed by atoms with Gasteiger partial charge in [-0.2, -0.15) is 0 Å². The van der Waals surface area contributed by atoms with Gasteiger partial charge in [-0.3, -0.25) is 33.6 Å². The van der Waals surface area contributed by atoms with Crippen LogP contribution in [-0.2, 0) is 124 Å². The summed E-state index contributed by atoms with van der Waals surface area (Å²) in [6.07, 6.45) is -21.5. The topological polar surface area (TPSA) is 258 Å². The molecule has 3 heterocycles. The van der Waals surface area contributed by atoms with Gasteiger partial charge in [-0.25, -0.2) is 0 Å². The van der Waals surface area contributed by atoms with E-state index in [1.54, 1.807) is 0 Å². The summed E-state index contributed by atoms with van der Waals surface area (Å²) in [6, 6.07) is 28.2. The van der Waals surface area contributed by atoms with Crippen LogP contribution in [0.2, 0.25) is 0 Å². The number of esters is 7. The van der Waals surface area contributed by atoms with E-state index in [-0.39, 0.29) is 26.4 Å². The largest absolute Gasteiger partial charge is 0.463 e. The Morgan fingerprint density at radius 1 is 0.368 bits per heavy atom. The van der Waals surface area contributed by atoms with E-state index in [2.05, 4.69) is 0 Å². The molecule has 3 aromatic rings. The molecule has 3 aliphatic rings. The molecule has 6 unspecified atom stereocenters. The van der Waals surface area contributed by atoms with Crippen LogP contribution in [0.3, 0.4) is 0 Å². The van der Waals surface area contributed by atoms with Crippen LogP contribution in [0.5, 0.6) is 0 Å².